The third-order valence-electron chi connectivity index (χ3n) is 1.09. The second-order valence-corrected chi connectivity index (χ2v) is 2.79. The van der Waals surface area contributed by atoms with Crippen molar-refractivity contribution in [3.63, 3.8) is 0 Å². The lowest BCUT2D eigenvalue weighted by Gasteiger charge is -1.83. The summed E-state index contributed by atoms with van der Waals surface area (Å²) in [6.07, 6.45) is 7.74. The van der Waals surface area contributed by atoms with E-state index in [-0.39, 0.29) is 5.78 Å². The van der Waals surface area contributed by atoms with Crippen LogP contribution in [-0.2, 0) is 0 Å². The highest BCUT2D eigenvalue weighted by molar-refractivity contribution is 7.12. The molecule has 0 radical (unpaired) electrons. The van der Waals surface area contributed by atoms with E-state index in [2.05, 4.69) is 5.92 Å². The van der Waals surface area contributed by atoms with E-state index in [0.717, 1.165) is 4.88 Å². The van der Waals surface area contributed by atoms with Gasteiger partial charge in [0.15, 0.2) is 5.78 Å². The lowest BCUT2D eigenvalue weighted by atomic mass is 10.3. The number of hydrogen-bond donors (Lipinski definition) is 0. The Kier molecular flexibility index (Phi) is 2.65. The first kappa shape index (κ1) is 7.77. The molecule has 1 aromatic heterocycles. The van der Waals surface area contributed by atoms with Crippen molar-refractivity contribution >= 4 is 17.1 Å². The summed E-state index contributed by atoms with van der Waals surface area (Å²) in [5.74, 6) is 2.23. The summed E-state index contributed by atoms with van der Waals surface area (Å²) in [5.41, 5.74) is 0. The zero-order valence-corrected chi connectivity index (χ0v) is 6.60. The summed E-state index contributed by atoms with van der Waals surface area (Å²) in [6.45, 7) is 0. The smallest absolute Gasteiger partial charge is 0.196 e. The van der Waals surface area contributed by atoms with Gasteiger partial charge in [0.2, 0.25) is 0 Å². The van der Waals surface area contributed by atoms with Crippen molar-refractivity contribution in [2.45, 2.75) is 0 Å². The quantitative estimate of drug-likeness (QED) is 0.370. The number of rotatable bonds is 2. The van der Waals surface area contributed by atoms with Gasteiger partial charge in [0.1, 0.15) is 0 Å². The fourth-order valence-electron chi connectivity index (χ4n) is 0.625. The molecule has 0 aliphatic carbocycles. The minimum absolute atomic E-state index is 0.0297. The molecular formula is C9H6OS. The molecule has 11 heavy (non-hydrogen) atoms. The summed E-state index contributed by atoms with van der Waals surface area (Å²) in [5, 5.41) is 1.86. The molecule has 1 heterocycles. The molecule has 0 aliphatic rings. The fourth-order valence-corrected chi connectivity index (χ4v) is 1.27. The number of carbonyl (C=O) groups excluding carboxylic acids is 1. The molecule has 0 amide bonds. The van der Waals surface area contributed by atoms with Gasteiger partial charge in [-0.1, -0.05) is 12.0 Å². The third-order valence-corrected chi connectivity index (χ3v) is 1.98. The molecule has 0 bridgehead atoms. The van der Waals surface area contributed by atoms with E-state index in [0.29, 0.717) is 0 Å². The van der Waals surface area contributed by atoms with Crippen molar-refractivity contribution in [1.82, 2.24) is 0 Å². The van der Waals surface area contributed by atoms with Crippen LogP contribution in [0.3, 0.4) is 0 Å². The predicted octanol–water partition coefficient (Wildman–Crippen LogP) is 2.12. The maximum atomic E-state index is 11.1. The van der Waals surface area contributed by atoms with Crippen LogP contribution in [0.5, 0.6) is 0 Å². The lowest BCUT2D eigenvalue weighted by molar-refractivity contribution is 0.105. The van der Waals surface area contributed by atoms with Crippen LogP contribution >= 0.6 is 11.3 Å². The van der Waals surface area contributed by atoms with Gasteiger partial charge in [-0.2, -0.15) is 0 Å². The maximum Gasteiger partial charge on any atom is 0.196 e. The van der Waals surface area contributed by atoms with E-state index >= 15 is 0 Å². The van der Waals surface area contributed by atoms with Gasteiger partial charge in [0.05, 0.1) is 4.88 Å². The predicted molar refractivity (Wildman–Crippen MR) is 46.6 cm³/mol. The van der Waals surface area contributed by atoms with E-state index in [1.54, 1.807) is 6.07 Å². The van der Waals surface area contributed by atoms with Gasteiger partial charge in [0, 0.05) is 0 Å². The first-order chi connectivity index (χ1) is 5.34. The average Bonchev–Trinajstić information content (AvgIpc) is 2.52. The van der Waals surface area contributed by atoms with Crippen LogP contribution in [-0.4, -0.2) is 5.78 Å². The van der Waals surface area contributed by atoms with Gasteiger partial charge in [-0.3, -0.25) is 4.79 Å². The number of ketones is 1. The van der Waals surface area contributed by atoms with Gasteiger partial charge in [0.25, 0.3) is 0 Å². The molecule has 0 saturated carbocycles. The van der Waals surface area contributed by atoms with E-state index in [4.69, 9.17) is 6.42 Å². The second kappa shape index (κ2) is 3.75. The van der Waals surface area contributed by atoms with Crippen molar-refractivity contribution < 1.29 is 4.79 Å². The summed E-state index contributed by atoms with van der Waals surface area (Å²) in [4.78, 5) is 11.8. The minimum atomic E-state index is -0.0297. The highest BCUT2D eigenvalue weighted by Gasteiger charge is 1.99. The second-order valence-electron chi connectivity index (χ2n) is 1.84. The van der Waals surface area contributed by atoms with Gasteiger partial charge < -0.3 is 0 Å². The van der Waals surface area contributed by atoms with Gasteiger partial charge in [-0.15, -0.1) is 17.8 Å². The van der Waals surface area contributed by atoms with E-state index in [9.17, 15) is 4.79 Å². The van der Waals surface area contributed by atoms with Crippen molar-refractivity contribution in [3.05, 3.63) is 34.5 Å². The highest BCUT2D eigenvalue weighted by atomic mass is 32.1. The third kappa shape index (κ3) is 2.06. The molecule has 2 heteroatoms. The number of carbonyl (C=O) groups is 1. The van der Waals surface area contributed by atoms with Gasteiger partial charge in [-0.25, -0.2) is 0 Å². The first-order valence-corrected chi connectivity index (χ1v) is 3.93. The molecule has 0 aromatic carbocycles. The number of terminal acetylenes is 1. The topological polar surface area (TPSA) is 17.1 Å². The fraction of sp³-hybridized carbons (Fsp3) is 0. The van der Waals surface area contributed by atoms with Crippen LogP contribution in [0.25, 0.3) is 0 Å². The summed E-state index contributed by atoms with van der Waals surface area (Å²) >= 11 is 1.41. The maximum absolute atomic E-state index is 11.1. The molecule has 0 aliphatic heterocycles. The van der Waals surface area contributed by atoms with Crippen molar-refractivity contribution in [1.29, 1.82) is 0 Å². The van der Waals surface area contributed by atoms with Gasteiger partial charge >= 0.3 is 0 Å². The summed E-state index contributed by atoms with van der Waals surface area (Å²) in [7, 11) is 0. The van der Waals surface area contributed by atoms with Gasteiger partial charge in [-0.05, 0) is 23.6 Å². The van der Waals surface area contributed by atoms with Crippen LogP contribution in [0.2, 0.25) is 0 Å². The zero-order valence-electron chi connectivity index (χ0n) is 5.78. The lowest BCUT2D eigenvalue weighted by Crippen LogP contribution is -1.87. The molecule has 54 valence electrons. The summed E-state index contributed by atoms with van der Waals surface area (Å²) in [6, 6.07) is 3.61. The Morgan fingerprint density at radius 1 is 1.73 bits per heavy atom. The standard InChI is InChI=1S/C9H6OS/c1-2-3-5-8(10)9-6-4-7-11-9/h1,3-7H. The molecule has 0 fully saturated rings. The number of allylic oxidation sites excluding steroid dienone is 2. The number of thiophene rings is 1. The summed E-state index contributed by atoms with van der Waals surface area (Å²) < 4.78 is 0. The van der Waals surface area contributed by atoms with Crippen LogP contribution < -0.4 is 0 Å². The van der Waals surface area contributed by atoms with E-state index in [1.807, 2.05) is 11.4 Å². The molecule has 0 unspecified atom stereocenters. The van der Waals surface area contributed by atoms with Crippen LogP contribution in [0.1, 0.15) is 9.67 Å². The Labute approximate surface area is 69.4 Å². The zero-order chi connectivity index (χ0) is 8.10. The number of hydrogen-bond acceptors (Lipinski definition) is 2. The largest absolute Gasteiger partial charge is 0.288 e. The Hall–Kier alpha value is -1.33. The molecule has 0 spiro atoms. The van der Waals surface area contributed by atoms with E-state index in [1.165, 1.54) is 23.5 Å². The van der Waals surface area contributed by atoms with Crippen molar-refractivity contribution in [2.75, 3.05) is 0 Å². The Balaban J connectivity index is 2.73. The minimum Gasteiger partial charge on any atom is -0.288 e. The van der Waals surface area contributed by atoms with Crippen LogP contribution in [0.15, 0.2) is 29.7 Å². The molecule has 0 N–H and O–H groups in total. The Morgan fingerprint density at radius 3 is 3.09 bits per heavy atom. The Morgan fingerprint density at radius 2 is 2.55 bits per heavy atom. The normalized spacial score (nSPS) is 9.73. The van der Waals surface area contributed by atoms with Crippen LogP contribution in [0, 0.1) is 12.3 Å². The van der Waals surface area contributed by atoms with E-state index < -0.39 is 0 Å². The molecular weight excluding hydrogens is 156 g/mol. The first-order valence-electron chi connectivity index (χ1n) is 3.05. The highest BCUT2D eigenvalue weighted by Crippen LogP contribution is 2.09. The SMILES string of the molecule is C#CC=CC(=O)c1cccs1. The van der Waals surface area contributed by atoms with Crippen molar-refractivity contribution in [2.24, 2.45) is 0 Å². The molecule has 0 saturated heterocycles. The molecule has 1 aromatic rings. The Bertz CT molecular complexity index is 301. The molecule has 0 atom stereocenters. The molecule has 1 rings (SSSR count). The molecule has 1 nitrogen and oxygen atoms in total. The monoisotopic (exact) mass is 162 g/mol. The van der Waals surface area contributed by atoms with Crippen molar-refractivity contribution in [3.8, 4) is 12.3 Å². The average molecular weight is 162 g/mol. The van der Waals surface area contributed by atoms with Crippen LogP contribution in [0.4, 0.5) is 0 Å².